The van der Waals surface area contributed by atoms with E-state index in [0.717, 1.165) is 10.4 Å². The normalized spacial score (nSPS) is 20.3. The van der Waals surface area contributed by atoms with Gasteiger partial charge in [-0.05, 0) is 36.6 Å². The maximum absolute atomic E-state index is 13.3. The zero-order valence-corrected chi connectivity index (χ0v) is 19.4. The first-order chi connectivity index (χ1) is 16.3. The van der Waals surface area contributed by atoms with Gasteiger partial charge >= 0.3 is 12.1 Å². The topological polar surface area (TPSA) is 99.0 Å². The molecule has 9 nitrogen and oxygen atoms in total. The summed E-state index contributed by atoms with van der Waals surface area (Å²) in [6.45, 7) is 1.63. The van der Waals surface area contributed by atoms with Gasteiger partial charge in [-0.15, -0.1) is 11.3 Å². The van der Waals surface area contributed by atoms with Crippen LogP contribution in [0.3, 0.4) is 0 Å². The monoisotopic (exact) mass is 485 g/mol. The Kier molecular flexibility index (Phi) is 5.72. The van der Waals surface area contributed by atoms with E-state index in [0.29, 0.717) is 49.2 Å². The van der Waals surface area contributed by atoms with Gasteiger partial charge in [-0.2, -0.15) is 0 Å². The molecule has 0 saturated carbocycles. The Morgan fingerprint density at radius 2 is 1.88 bits per heavy atom. The Morgan fingerprint density at radius 1 is 1.15 bits per heavy atom. The van der Waals surface area contributed by atoms with Gasteiger partial charge in [-0.25, -0.2) is 19.0 Å². The summed E-state index contributed by atoms with van der Waals surface area (Å²) in [6, 6.07) is 7.47. The fourth-order valence-corrected chi connectivity index (χ4v) is 5.75. The Morgan fingerprint density at radius 3 is 2.59 bits per heavy atom. The number of benzene rings is 1. The number of hydrogen-bond donors (Lipinski definition) is 1. The summed E-state index contributed by atoms with van der Waals surface area (Å²) >= 11 is 1.33. The van der Waals surface area contributed by atoms with Crippen molar-refractivity contribution in [3.05, 3.63) is 52.8 Å². The van der Waals surface area contributed by atoms with Crippen molar-refractivity contribution in [1.29, 1.82) is 0 Å². The smallest absolute Gasteiger partial charge is 0.407 e. The van der Waals surface area contributed by atoms with Crippen molar-refractivity contribution in [2.24, 2.45) is 0 Å². The summed E-state index contributed by atoms with van der Waals surface area (Å²) in [5, 5.41) is 9.16. The number of halogens is 1. The molecular weight excluding hydrogens is 461 g/mol. The number of hydrogen-bond acceptors (Lipinski definition) is 5. The number of carboxylic acid groups (broad SMARTS) is 1. The highest BCUT2D eigenvalue weighted by atomic mass is 32.1. The minimum absolute atomic E-state index is 0.149. The molecular formula is C23H24FN5O4S. The summed E-state index contributed by atoms with van der Waals surface area (Å²) in [5.41, 5.74) is 1.27. The van der Waals surface area contributed by atoms with Gasteiger partial charge in [-0.1, -0.05) is 12.1 Å². The van der Waals surface area contributed by atoms with Gasteiger partial charge in [0.05, 0.1) is 23.9 Å². The molecule has 0 radical (unpaired) electrons. The first kappa shape index (κ1) is 22.3. The minimum atomic E-state index is -0.969. The maximum Gasteiger partial charge on any atom is 0.407 e. The van der Waals surface area contributed by atoms with E-state index in [-0.39, 0.29) is 29.5 Å². The molecule has 0 unspecified atom stereocenters. The van der Waals surface area contributed by atoms with E-state index >= 15 is 0 Å². The molecule has 0 spiro atoms. The van der Waals surface area contributed by atoms with Crippen molar-refractivity contribution < 1.29 is 19.1 Å². The van der Waals surface area contributed by atoms with Crippen LogP contribution in [0.1, 0.15) is 18.9 Å². The molecule has 3 amide bonds. The molecule has 2 fully saturated rings. The Bertz CT molecular complexity index is 1310. The Hall–Kier alpha value is -3.47. The predicted octanol–water partition coefficient (Wildman–Crippen LogP) is 3.32. The molecule has 0 bridgehead atoms. The molecule has 2 aliphatic rings. The van der Waals surface area contributed by atoms with Gasteiger partial charge < -0.3 is 19.8 Å². The van der Waals surface area contributed by atoms with Crippen molar-refractivity contribution in [3.8, 4) is 10.4 Å². The zero-order chi connectivity index (χ0) is 24.0. The van der Waals surface area contributed by atoms with Crippen LogP contribution in [0.4, 0.5) is 14.0 Å². The van der Waals surface area contributed by atoms with Crippen molar-refractivity contribution in [2.45, 2.75) is 24.9 Å². The molecule has 178 valence electrons. The van der Waals surface area contributed by atoms with Crippen LogP contribution in [-0.4, -0.2) is 80.8 Å². The van der Waals surface area contributed by atoms with Gasteiger partial charge in [0, 0.05) is 38.1 Å². The molecule has 3 aromatic rings. The van der Waals surface area contributed by atoms with Crippen LogP contribution in [-0.2, 0) is 0 Å². The molecule has 5 rings (SSSR count). The van der Waals surface area contributed by atoms with E-state index in [9.17, 15) is 18.8 Å². The maximum atomic E-state index is 13.3. The quantitative estimate of drug-likeness (QED) is 0.614. The molecule has 1 aromatic carbocycles. The average Bonchev–Trinajstić information content (AvgIpc) is 3.58. The van der Waals surface area contributed by atoms with Gasteiger partial charge in [-0.3, -0.25) is 9.36 Å². The van der Waals surface area contributed by atoms with E-state index in [2.05, 4.69) is 4.98 Å². The van der Waals surface area contributed by atoms with Crippen molar-refractivity contribution in [1.82, 2.24) is 24.3 Å². The Labute approximate surface area is 198 Å². The molecule has 0 aliphatic carbocycles. The number of likely N-dealkylation sites (tertiary alicyclic amines) is 2. The summed E-state index contributed by atoms with van der Waals surface area (Å²) in [7, 11) is 1.70. The minimum Gasteiger partial charge on any atom is -0.465 e. The predicted molar refractivity (Wildman–Crippen MR) is 126 cm³/mol. The number of rotatable bonds is 3. The second-order valence-corrected chi connectivity index (χ2v) is 9.79. The molecule has 34 heavy (non-hydrogen) atoms. The van der Waals surface area contributed by atoms with Crippen LogP contribution in [0, 0.1) is 5.82 Å². The number of nitrogens with zero attached hydrogens (tertiary/aromatic N) is 5. The van der Waals surface area contributed by atoms with E-state index in [1.807, 2.05) is 6.07 Å². The number of carbonyl (C=O) groups is 2. The number of amides is 3. The zero-order valence-electron chi connectivity index (χ0n) is 18.6. The molecule has 1 N–H and O–H groups in total. The van der Waals surface area contributed by atoms with Gasteiger partial charge in [0.15, 0.2) is 0 Å². The van der Waals surface area contributed by atoms with Crippen LogP contribution >= 0.6 is 11.3 Å². The molecule has 2 atom stereocenters. The van der Waals surface area contributed by atoms with Crippen LogP contribution < -0.4 is 5.56 Å². The highest BCUT2D eigenvalue weighted by Gasteiger charge is 2.35. The summed E-state index contributed by atoms with van der Waals surface area (Å²) in [6.07, 6.45) is 1.81. The standard InChI is InChI=1S/C23H24FN5O4S/c1-26(16-6-9-28(11-16)23(32)33)22(31)27-8-7-17(12-27)29-13-25-18-10-19(34-20(18)21(29)30)14-2-4-15(24)5-3-14/h2-5,10,13,16-17H,6-9,11-12H2,1H3,(H,32,33)/t16-,17+/m1/s1. The summed E-state index contributed by atoms with van der Waals surface area (Å²) in [5.74, 6) is -0.316. The lowest BCUT2D eigenvalue weighted by Crippen LogP contribution is -2.46. The van der Waals surface area contributed by atoms with Crippen LogP contribution in [0.15, 0.2) is 41.5 Å². The first-order valence-electron chi connectivity index (χ1n) is 11.1. The van der Waals surface area contributed by atoms with E-state index < -0.39 is 6.09 Å². The summed E-state index contributed by atoms with van der Waals surface area (Å²) < 4.78 is 15.4. The fraction of sp³-hybridized carbons (Fsp3) is 0.391. The van der Waals surface area contributed by atoms with Gasteiger partial charge in [0.2, 0.25) is 0 Å². The van der Waals surface area contributed by atoms with E-state index in [1.54, 1.807) is 33.5 Å². The largest absolute Gasteiger partial charge is 0.465 e. The molecule has 4 heterocycles. The SMILES string of the molecule is CN(C(=O)N1CC[C@H](n2cnc3cc(-c4ccc(F)cc4)sc3c2=O)C1)[C@@H]1CCN(C(=O)O)C1. The third kappa shape index (κ3) is 4.00. The molecule has 2 aliphatic heterocycles. The fourth-order valence-electron chi connectivity index (χ4n) is 4.69. The molecule has 2 saturated heterocycles. The highest BCUT2D eigenvalue weighted by Crippen LogP contribution is 2.31. The lowest BCUT2D eigenvalue weighted by Gasteiger charge is -2.29. The lowest BCUT2D eigenvalue weighted by atomic mass is 10.2. The number of carbonyl (C=O) groups excluding carboxylic acids is 1. The number of aromatic nitrogens is 2. The van der Waals surface area contributed by atoms with Crippen molar-refractivity contribution in [2.75, 3.05) is 33.2 Å². The Balaban J connectivity index is 1.31. The third-order valence-electron chi connectivity index (χ3n) is 6.70. The highest BCUT2D eigenvalue weighted by molar-refractivity contribution is 7.22. The van der Waals surface area contributed by atoms with Crippen molar-refractivity contribution >= 4 is 33.7 Å². The average molecular weight is 486 g/mol. The lowest BCUT2D eigenvalue weighted by molar-refractivity contribution is 0.142. The molecule has 11 heteroatoms. The second-order valence-electron chi connectivity index (χ2n) is 8.74. The van der Waals surface area contributed by atoms with Crippen molar-refractivity contribution in [3.63, 3.8) is 0 Å². The van der Waals surface area contributed by atoms with Crippen LogP contribution in [0.2, 0.25) is 0 Å². The third-order valence-corrected chi connectivity index (χ3v) is 7.86. The first-order valence-corrected chi connectivity index (χ1v) is 11.9. The number of thiophene rings is 1. The summed E-state index contributed by atoms with van der Waals surface area (Å²) in [4.78, 5) is 47.4. The van der Waals surface area contributed by atoms with E-state index in [4.69, 9.17) is 5.11 Å². The number of fused-ring (bicyclic) bond motifs is 1. The van der Waals surface area contributed by atoms with E-state index in [1.165, 1.54) is 34.7 Å². The van der Waals surface area contributed by atoms with Gasteiger partial charge in [0.1, 0.15) is 10.5 Å². The van der Waals surface area contributed by atoms with Crippen LogP contribution in [0.5, 0.6) is 0 Å². The van der Waals surface area contributed by atoms with Gasteiger partial charge in [0.25, 0.3) is 5.56 Å². The molecule has 2 aromatic heterocycles. The second kappa shape index (κ2) is 8.71. The number of likely N-dealkylation sites (N-methyl/N-ethyl adjacent to an activating group) is 1. The number of urea groups is 1. The van der Waals surface area contributed by atoms with Crippen LogP contribution in [0.25, 0.3) is 20.7 Å².